The molecule has 23 heavy (non-hydrogen) atoms. The molecule has 0 aromatic heterocycles. The Morgan fingerprint density at radius 2 is 1.74 bits per heavy atom. The lowest BCUT2D eigenvalue weighted by Crippen LogP contribution is -2.39. The molecule has 1 aliphatic heterocycles. The van der Waals surface area contributed by atoms with Crippen LogP contribution < -0.4 is 0 Å². The quantitative estimate of drug-likeness (QED) is 0.863. The first-order valence-electron chi connectivity index (χ1n) is 7.33. The molecule has 1 unspecified atom stereocenters. The van der Waals surface area contributed by atoms with E-state index in [-0.39, 0.29) is 11.5 Å². The first kappa shape index (κ1) is 16.1. The lowest BCUT2D eigenvalue weighted by molar-refractivity contribution is -0.133. The van der Waals surface area contributed by atoms with Crippen molar-refractivity contribution in [3.63, 3.8) is 0 Å². The summed E-state index contributed by atoms with van der Waals surface area (Å²) in [5.41, 5.74) is 1.88. The van der Waals surface area contributed by atoms with E-state index in [1.807, 2.05) is 37.3 Å². The average Bonchev–Trinajstić information content (AvgIpc) is 3.01. The van der Waals surface area contributed by atoms with Gasteiger partial charge in [-0.1, -0.05) is 48.0 Å². The van der Waals surface area contributed by atoms with Crippen molar-refractivity contribution in [3.05, 3.63) is 65.7 Å². The van der Waals surface area contributed by atoms with Gasteiger partial charge in [0.15, 0.2) is 0 Å². The van der Waals surface area contributed by atoms with Crippen molar-refractivity contribution >= 4 is 10.0 Å². The smallest absolute Gasteiger partial charge is 0.247 e. The molecule has 1 heterocycles. The van der Waals surface area contributed by atoms with Crippen LogP contribution in [-0.2, 0) is 19.5 Å². The molecule has 3 rings (SSSR count). The number of hydrogen-bond acceptors (Lipinski definition) is 4. The first-order chi connectivity index (χ1) is 11.0. The van der Waals surface area contributed by atoms with Crippen LogP contribution in [-0.4, -0.2) is 32.9 Å². The number of nitrogens with zero attached hydrogens (tertiary/aromatic N) is 1. The molecule has 1 fully saturated rings. The molecule has 5 nitrogen and oxygen atoms in total. The van der Waals surface area contributed by atoms with Crippen LogP contribution in [0.15, 0.2) is 59.5 Å². The van der Waals surface area contributed by atoms with E-state index < -0.39 is 22.5 Å². The maximum absolute atomic E-state index is 13.1. The second-order valence-electron chi connectivity index (χ2n) is 5.45. The fourth-order valence-electron chi connectivity index (χ4n) is 2.67. The van der Waals surface area contributed by atoms with Gasteiger partial charge in [0.2, 0.25) is 16.4 Å². The van der Waals surface area contributed by atoms with Gasteiger partial charge in [-0.05, 0) is 24.6 Å². The number of methoxy groups -OCH3 is 1. The number of benzene rings is 2. The van der Waals surface area contributed by atoms with Gasteiger partial charge in [-0.15, -0.1) is 4.31 Å². The Morgan fingerprint density at radius 1 is 1.09 bits per heavy atom. The van der Waals surface area contributed by atoms with E-state index in [1.165, 1.54) is 11.4 Å². The predicted molar refractivity (Wildman–Crippen MR) is 86.1 cm³/mol. The van der Waals surface area contributed by atoms with Crippen molar-refractivity contribution in [2.45, 2.75) is 24.3 Å². The normalized spacial score (nSPS) is 22.3. The Labute approximate surface area is 136 Å². The summed E-state index contributed by atoms with van der Waals surface area (Å²) in [7, 11) is -2.29. The Kier molecular flexibility index (Phi) is 4.50. The molecule has 6 heteroatoms. The van der Waals surface area contributed by atoms with Crippen molar-refractivity contribution in [2.75, 3.05) is 13.7 Å². The molecule has 122 valence electrons. The first-order valence-corrected chi connectivity index (χ1v) is 8.77. The van der Waals surface area contributed by atoms with Crippen LogP contribution in [0.5, 0.6) is 0 Å². The number of rotatable bonds is 4. The molecule has 0 bridgehead atoms. The third kappa shape index (κ3) is 3.03. The summed E-state index contributed by atoms with van der Waals surface area (Å²) < 4.78 is 38.2. The zero-order valence-corrected chi connectivity index (χ0v) is 13.9. The van der Waals surface area contributed by atoms with E-state index in [0.717, 1.165) is 11.1 Å². The van der Waals surface area contributed by atoms with Gasteiger partial charge >= 0.3 is 0 Å². The van der Waals surface area contributed by atoms with Crippen LogP contribution >= 0.6 is 0 Å². The molecule has 2 aromatic rings. The highest BCUT2D eigenvalue weighted by Crippen LogP contribution is 2.35. The lowest BCUT2D eigenvalue weighted by Gasteiger charge is -2.26. The third-order valence-corrected chi connectivity index (χ3v) is 5.74. The third-order valence-electron chi connectivity index (χ3n) is 3.89. The van der Waals surface area contributed by atoms with Crippen molar-refractivity contribution in [1.29, 1.82) is 0 Å². The summed E-state index contributed by atoms with van der Waals surface area (Å²) in [6.45, 7) is 2.17. The molecule has 2 aromatic carbocycles. The number of aryl methyl sites for hydroxylation is 1. The van der Waals surface area contributed by atoms with E-state index in [1.54, 1.807) is 24.3 Å². The minimum absolute atomic E-state index is 0.233. The van der Waals surface area contributed by atoms with Crippen molar-refractivity contribution in [1.82, 2.24) is 4.31 Å². The summed E-state index contributed by atoms with van der Waals surface area (Å²) in [5.74, 6) is 0. The van der Waals surface area contributed by atoms with Gasteiger partial charge in [-0.3, -0.25) is 0 Å². The molecular weight excluding hydrogens is 314 g/mol. The minimum Gasteiger partial charge on any atom is -0.342 e. The highest BCUT2D eigenvalue weighted by atomic mass is 32.2. The summed E-state index contributed by atoms with van der Waals surface area (Å²) in [6, 6.07) is 15.8. The maximum Gasteiger partial charge on any atom is 0.247 e. The van der Waals surface area contributed by atoms with E-state index in [0.29, 0.717) is 0 Å². The average molecular weight is 333 g/mol. The molecule has 0 amide bonds. The van der Waals surface area contributed by atoms with E-state index in [4.69, 9.17) is 9.47 Å². The molecule has 1 saturated heterocycles. The molecule has 0 aliphatic carbocycles. The Bertz CT molecular complexity index is 759. The fraction of sp³-hybridized carbons (Fsp3) is 0.294. The predicted octanol–water partition coefficient (Wildman–Crippen LogP) is 2.69. The van der Waals surface area contributed by atoms with Gasteiger partial charge in [-0.25, -0.2) is 8.42 Å². The zero-order valence-electron chi connectivity index (χ0n) is 13.0. The second kappa shape index (κ2) is 6.41. The Morgan fingerprint density at radius 3 is 2.35 bits per heavy atom. The summed E-state index contributed by atoms with van der Waals surface area (Å²) in [4.78, 5) is 0.233. The molecule has 1 aliphatic rings. The summed E-state index contributed by atoms with van der Waals surface area (Å²) in [5, 5.41) is 0. The van der Waals surface area contributed by atoms with Crippen LogP contribution in [0.2, 0.25) is 0 Å². The van der Waals surface area contributed by atoms with E-state index in [2.05, 4.69) is 0 Å². The van der Waals surface area contributed by atoms with Crippen molar-refractivity contribution in [3.8, 4) is 0 Å². The lowest BCUT2D eigenvalue weighted by atomic mass is 10.1. The standard InChI is InChI=1S/C17H19NO4S/c1-13-8-10-15(11-9-13)23(19,20)18-16(12-22-17(18)21-2)14-6-4-3-5-7-14/h3-11,16-17H,12H2,1-2H3/t16-,17?/m0/s1. The Hall–Kier alpha value is -1.73. The van der Waals surface area contributed by atoms with Crippen LogP contribution in [0.1, 0.15) is 17.2 Å². The number of hydrogen-bond donors (Lipinski definition) is 0. The summed E-state index contributed by atoms with van der Waals surface area (Å²) in [6.07, 6.45) is -0.925. The number of ether oxygens (including phenoxy) is 2. The van der Waals surface area contributed by atoms with Gasteiger partial charge in [0, 0.05) is 7.11 Å². The van der Waals surface area contributed by atoms with Gasteiger partial charge in [-0.2, -0.15) is 0 Å². The zero-order chi connectivity index (χ0) is 16.4. The van der Waals surface area contributed by atoms with Gasteiger partial charge in [0.25, 0.3) is 0 Å². The fourth-order valence-corrected chi connectivity index (χ4v) is 4.28. The summed E-state index contributed by atoms with van der Waals surface area (Å²) >= 11 is 0. The van der Waals surface area contributed by atoms with Crippen LogP contribution in [0, 0.1) is 6.92 Å². The van der Waals surface area contributed by atoms with Crippen LogP contribution in [0.4, 0.5) is 0 Å². The molecular formula is C17H19NO4S. The molecule has 2 atom stereocenters. The highest BCUT2D eigenvalue weighted by molar-refractivity contribution is 7.89. The molecule has 0 N–H and O–H groups in total. The van der Waals surface area contributed by atoms with Crippen molar-refractivity contribution < 1.29 is 17.9 Å². The van der Waals surface area contributed by atoms with E-state index in [9.17, 15) is 8.42 Å². The monoisotopic (exact) mass is 333 g/mol. The maximum atomic E-state index is 13.1. The van der Waals surface area contributed by atoms with Crippen LogP contribution in [0.25, 0.3) is 0 Å². The Balaban J connectivity index is 2.03. The van der Waals surface area contributed by atoms with Crippen LogP contribution in [0.3, 0.4) is 0 Å². The van der Waals surface area contributed by atoms with Gasteiger partial charge in [0.05, 0.1) is 17.5 Å². The number of sulfonamides is 1. The molecule has 0 saturated carbocycles. The minimum atomic E-state index is -3.73. The highest BCUT2D eigenvalue weighted by Gasteiger charge is 2.44. The molecule has 0 radical (unpaired) electrons. The topological polar surface area (TPSA) is 55.8 Å². The SMILES string of the molecule is COC1OC[C@@H](c2ccccc2)N1S(=O)(=O)c1ccc(C)cc1. The van der Waals surface area contributed by atoms with Gasteiger partial charge in [0.1, 0.15) is 0 Å². The van der Waals surface area contributed by atoms with Crippen molar-refractivity contribution in [2.24, 2.45) is 0 Å². The molecule has 0 spiro atoms. The largest absolute Gasteiger partial charge is 0.342 e. The van der Waals surface area contributed by atoms with Gasteiger partial charge < -0.3 is 9.47 Å². The second-order valence-corrected chi connectivity index (χ2v) is 7.29. The van der Waals surface area contributed by atoms with E-state index >= 15 is 0 Å².